The summed E-state index contributed by atoms with van der Waals surface area (Å²) in [6.07, 6.45) is 1.19. The highest BCUT2D eigenvalue weighted by Crippen LogP contribution is 2.39. The van der Waals surface area contributed by atoms with Crippen molar-refractivity contribution >= 4 is 50.0 Å². The highest BCUT2D eigenvalue weighted by molar-refractivity contribution is 7.91. The average molecular weight is 494 g/mol. The summed E-state index contributed by atoms with van der Waals surface area (Å²) >= 11 is 1.11. The first-order valence-electron chi connectivity index (χ1n) is 10.8. The number of hydrogen-bond donors (Lipinski definition) is 0. The predicted octanol–water partition coefficient (Wildman–Crippen LogP) is 4.04. The number of nitrogens with zero attached hydrogens (tertiary/aromatic N) is 3. The van der Waals surface area contributed by atoms with Crippen LogP contribution in [0.4, 0.5) is 5.69 Å². The van der Waals surface area contributed by atoms with E-state index in [0.29, 0.717) is 35.6 Å². The summed E-state index contributed by atoms with van der Waals surface area (Å²) in [5.41, 5.74) is 2.50. The van der Waals surface area contributed by atoms with Crippen molar-refractivity contribution in [2.45, 2.75) is 35.6 Å². The van der Waals surface area contributed by atoms with Crippen LogP contribution in [0, 0.1) is 0 Å². The first-order chi connectivity index (χ1) is 16.4. The van der Waals surface area contributed by atoms with E-state index in [1.54, 1.807) is 35.7 Å². The molecule has 2 aromatic heterocycles. The van der Waals surface area contributed by atoms with Gasteiger partial charge in [0.05, 0.1) is 12.1 Å². The lowest BCUT2D eigenvalue weighted by molar-refractivity contribution is -0.122. The lowest BCUT2D eigenvalue weighted by Gasteiger charge is -2.26. The molecule has 6 rings (SSSR count). The van der Waals surface area contributed by atoms with Gasteiger partial charge in [0.2, 0.25) is 11.8 Å². The average Bonchev–Trinajstić information content (AvgIpc) is 3.23. The summed E-state index contributed by atoms with van der Waals surface area (Å²) in [5.74, 6) is -0.505. The van der Waals surface area contributed by atoms with E-state index in [1.165, 1.54) is 10.4 Å². The molecule has 172 valence electrons. The zero-order valence-corrected chi connectivity index (χ0v) is 19.5. The number of carbonyl (C=O) groups excluding carboxylic acids is 2. The maximum absolute atomic E-state index is 13.4. The molecule has 1 aliphatic heterocycles. The van der Waals surface area contributed by atoms with Gasteiger partial charge in [0.25, 0.3) is 15.9 Å². The molecule has 1 unspecified atom stereocenters. The molecule has 1 atom stereocenters. The molecule has 1 saturated carbocycles. The second-order valence-corrected chi connectivity index (χ2v) is 11.3. The van der Waals surface area contributed by atoms with Crippen LogP contribution in [0.2, 0.25) is 0 Å². The van der Waals surface area contributed by atoms with Gasteiger partial charge in [-0.2, -0.15) is 4.31 Å². The van der Waals surface area contributed by atoms with Crippen molar-refractivity contribution in [3.05, 3.63) is 66.0 Å². The van der Waals surface area contributed by atoms with Gasteiger partial charge in [-0.25, -0.2) is 18.3 Å². The van der Waals surface area contributed by atoms with Crippen molar-refractivity contribution in [1.29, 1.82) is 0 Å². The largest absolute Gasteiger partial charge is 0.436 e. The highest BCUT2D eigenvalue weighted by atomic mass is 32.2. The molecule has 34 heavy (non-hydrogen) atoms. The Hall–Kier alpha value is -3.34. The Morgan fingerprint density at radius 1 is 1.00 bits per heavy atom. The van der Waals surface area contributed by atoms with Gasteiger partial charge in [0.1, 0.15) is 15.8 Å². The van der Waals surface area contributed by atoms with Crippen molar-refractivity contribution in [2.75, 3.05) is 4.90 Å². The minimum absolute atomic E-state index is 0.174. The number of benzene rings is 2. The van der Waals surface area contributed by atoms with Crippen LogP contribution >= 0.6 is 11.3 Å². The minimum Gasteiger partial charge on any atom is -0.436 e. The molecule has 8 nitrogen and oxygen atoms in total. The smallest absolute Gasteiger partial charge is 0.253 e. The summed E-state index contributed by atoms with van der Waals surface area (Å²) < 4.78 is 33.8. The van der Waals surface area contributed by atoms with E-state index in [2.05, 4.69) is 4.98 Å². The second-order valence-electron chi connectivity index (χ2n) is 8.32. The van der Waals surface area contributed by atoms with Gasteiger partial charge in [-0.15, -0.1) is 11.3 Å². The van der Waals surface area contributed by atoms with E-state index in [1.807, 2.05) is 24.3 Å². The Morgan fingerprint density at radius 3 is 2.44 bits per heavy atom. The number of anilines is 1. The minimum atomic E-state index is -3.86. The van der Waals surface area contributed by atoms with E-state index in [0.717, 1.165) is 21.8 Å². The van der Waals surface area contributed by atoms with Crippen LogP contribution in [0.25, 0.3) is 22.6 Å². The monoisotopic (exact) mass is 493 g/mol. The third-order valence-corrected chi connectivity index (χ3v) is 9.36. The molecular formula is C24H19N3O5S2. The van der Waals surface area contributed by atoms with E-state index in [9.17, 15) is 18.0 Å². The molecule has 2 fully saturated rings. The molecule has 0 radical (unpaired) electrons. The number of rotatable bonds is 6. The Morgan fingerprint density at radius 2 is 1.76 bits per heavy atom. The lowest BCUT2D eigenvalue weighted by Crippen LogP contribution is -2.46. The summed E-state index contributed by atoms with van der Waals surface area (Å²) in [7, 11) is -3.86. The molecule has 1 saturated heterocycles. The number of imide groups is 1. The van der Waals surface area contributed by atoms with Gasteiger partial charge in [0.15, 0.2) is 5.58 Å². The fourth-order valence-electron chi connectivity index (χ4n) is 4.30. The number of aromatic nitrogens is 1. The topological polar surface area (TPSA) is 101 Å². The summed E-state index contributed by atoms with van der Waals surface area (Å²) in [6.45, 7) is 0. The van der Waals surface area contributed by atoms with Crippen molar-refractivity contribution in [2.24, 2.45) is 0 Å². The molecule has 0 spiro atoms. The quantitative estimate of drug-likeness (QED) is 0.376. The summed E-state index contributed by atoms with van der Waals surface area (Å²) in [4.78, 5) is 31.8. The molecule has 2 aromatic carbocycles. The molecule has 0 bridgehead atoms. The number of amides is 2. The fourth-order valence-corrected chi connectivity index (χ4v) is 7.22. The number of fused-ring (bicyclic) bond motifs is 1. The first-order valence-corrected chi connectivity index (χ1v) is 13.2. The lowest BCUT2D eigenvalue weighted by atomic mass is 10.2. The van der Waals surface area contributed by atoms with E-state index in [-0.39, 0.29) is 16.7 Å². The van der Waals surface area contributed by atoms with Crippen LogP contribution in [0.3, 0.4) is 0 Å². The van der Waals surface area contributed by atoms with Gasteiger partial charge in [-0.1, -0.05) is 18.2 Å². The number of para-hydroxylation sites is 2. The van der Waals surface area contributed by atoms with Crippen molar-refractivity contribution < 1.29 is 22.4 Å². The van der Waals surface area contributed by atoms with Gasteiger partial charge in [-0.3, -0.25) is 9.59 Å². The molecule has 2 amide bonds. The van der Waals surface area contributed by atoms with E-state index >= 15 is 0 Å². The molecular weight excluding hydrogens is 474 g/mol. The van der Waals surface area contributed by atoms with Crippen LogP contribution in [0.15, 0.2) is 74.7 Å². The van der Waals surface area contributed by atoms with Crippen LogP contribution in [0.1, 0.15) is 19.3 Å². The Bertz CT molecular complexity index is 1470. The molecule has 4 aromatic rings. The number of hydrogen-bond acceptors (Lipinski definition) is 7. The van der Waals surface area contributed by atoms with Crippen molar-refractivity contribution in [3.8, 4) is 11.5 Å². The number of oxazole rings is 1. The first kappa shape index (κ1) is 21.2. The third kappa shape index (κ3) is 3.46. The normalized spacial score (nSPS) is 19.0. The number of thiophene rings is 1. The van der Waals surface area contributed by atoms with E-state index in [4.69, 9.17) is 4.42 Å². The van der Waals surface area contributed by atoms with Crippen LogP contribution in [-0.4, -0.2) is 41.6 Å². The molecule has 10 heteroatoms. The van der Waals surface area contributed by atoms with Crippen LogP contribution in [-0.2, 0) is 19.6 Å². The summed E-state index contributed by atoms with van der Waals surface area (Å²) in [6, 6.07) is 16.1. The maximum Gasteiger partial charge on any atom is 0.253 e. The molecule has 1 aliphatic carbocycles. The molecule has 3 heterocycles. The SMILES string of the molecule is O=C1CC(N(C2CC2)S(=O)(=O)c2cccs2)C(=O)N1c1ccc(-c2nc3ccccc3o2)cc1. The summed E-state index contributed by atoms with van der Waals surface area (Å²) in [5, 5.41) is 1.68. The van der Waals surface area contributed by atoms with Crippen molar-refractivity contribution in [1.82, 2.24) is 9.29 Å². The maximum atomic E-state index is 13.4. The fraction of sp³-hybridized carbons (Fsp3) is 0.208. The predicted molar refractivity (Wildman–Crippen MR) is 127 cm³/mol. The number of carbonyl (C=O) groups is 2. The Labute approximate surface area is 199 Å². The standard InChI is InChI=1S/C24H19N3O5S2/c28-21-14-19(27(17-11-12-17)34(30,31)22-6-3-13-33-22)24(29)26(21)16-9-7-15(8-10-16)23-25-18-4-1-2-5-20(18)32-23/h1-10,13,17,19H,11-12,14H2. The van der Waals surface area contributed by atoms with Gasteiger partial charge < -0.3 is 4.42 Å². The molecule has 2 aliphatic rings. The zero-order chi connectivity index (χ0) is 23.4. The van der Waals surface area contributed by atoms with E-state index < -0.39 is 27.9 Å². The van der Waals surface area contributed by atoms with Gasteiger partial charge in [-0.05, 0) is 60.7 Å². The van der Waals surface area contributed by atoms with Gasteiger partial charge in [0, 0.05) is 11.6 Å². The Balaban J connectivity index is 1.29. The Kier molecular flexibility index (Phi) is 4.91. The van der Waals surface area contributed by atoms with Crippen LogP contribution in [0.5, 0.6) is 0 Å². The highest BCUT2D eigenvalue weighted by Gasteiger charge is 2.52. The third-order valence-electron chi connectivity index (χ3n) is 6.03. The molecule has 0 N–H and O–H groups in total. The number of sulfonamides is 1. The van der Waals surface area contributed by atoms with Gasteiger partial charge >= 0.3 is 0 Å². The second kappa shape index (κ2) is 7.86. The van der Waals surface area contributed by atoms with Crippen molar-refractivity contribution in [3.63, 3.8) is 0 Å². The van der Waals surface area contributed by atoms with Crippen LogP contribution < -0.4 is 4.90 Å². The zero-order valence-electron chi connectivity index (χ0n) is 17.8.